The zero-order valence-electron chi connectivity index (χ0n) is 12.6. The number of hydrogen-bond acceptors (Lipinski definition) is 2. The van der Waals surface area contributed by atoms with E-state index in [1.54, 1.807) is 0 Å². The van der Waals surface area contributed by atoms with E-state index in [1.165, 1.54) is 0 Å². The third-order valence-electron chi connectivity index (χ3n) is 4.37. The molecule has 0 unspecified atom stereocenters. The maximum atomic E-state index is 12.6. The molecule has 2 aromatic carbocycles. The van der Waals surface area contributed by atoms with Crippen molar-refractivity contribution in [3.8, 4) is 0 Å². The zero-order valence-corrected chi connectivity index (χ0v) is 12.6. The summed E-state index contributed by atoms with van der Waals surface area (Å²) in [5.41, 5.74) is 2.13. The van der Waals surface area contributed by atoms with Gasteiger partial charge in [-0.15, -0.1) is 0 Å². The molecule has 3 nitrogen and oxygen atoms in total. The largest absolute Gasteiger partial charge is 0.394 e. The van der Waals surface area contributed by atoms with Crippen molar-refractivity contribution in [2.45, 2.75) is 31.3 Å². The second kappa shape index (κ2) is 6.75. The first-order valence-corrected chi connectivity index (χ1v) is 7.83. The first kappa shape index (κ1) is 14.8. The minimum Gasteiger partial charge on any atom is -0.394 e. The lowest BCUT2D eigenvalue weighted by molar-refractivity contribution is -0.141. The Hall–Kier alpha value is -2.13. The molecule has 1 aliphatic heterocycles. The first-order chi connectivity index (χ1) is 10.8. The number of hydrogen-bond donors (Lipinski definition) is 1. The average Bonchev–Trinajstić information content (AvgIpc) is 2.59. The average molecular weight is 295 g/mol. The van der Waals surface area contributed by atoms with Gasteiger partial charge in [0, 0.05) is 6.42 Å². The summed E-state index contributed by atoms with van der Waals surface area (Å²) in [6.45, 7) is -0.0565. The highest BCUT2D eigenvalue weighted by molar-refractivity contribution is 5.78. The maximum absolute atomic E-state index is 12.6. The van der Waals surface area contributed by atoms with Crippen molar-refractivity contribution in [3.05, 3.63) is 71.8 Å². The topological polar surface area (TPSA) is 40.5 Å². The molecule has 0 spiro atoms. The van der Waals surface area contributed by atoms with Gasteiger partial charge in [0.25, 0.3) is 0 Å². The van der Waals surface area contributed by atoms with Crippen LogP contribution in [0.15, 0.2) is 60.7 Å². The SMILES string of the molecule is O=C1CCC[C@@H](c2ccccc2)N1[C@@H](CO)c1ccccc1. The lowest BCUT2D eigenvalue weighted by Crippen LogP contribution is -2.42. The van der Waals surface area contributed by atoms with E-state index < -0.39 is 0 Å². The normalized spacial score (nSPS) is 20.0. The molecular weight excluding hydrogens is 274 g/mol. The number of amides is 1. The van der Waals surface area contributed by atoms with E-state index in [0.29, 0.717) is 6.42 Å². The van der Waals surface area contributed by atoms with Gasteiger partial charge >= 0.3 is 0 Å². The molecule has 1 aliphatic rings. The first-order valence-electron chi connectivity index (χ1n) is 7.83. The van der Waals surface area contributed by atoms with Gasteiger partial charge in [-0.1, -0.05) is 60.7 Å². The number of benzene rings is 2. The monoisotopic (exact) mass is 295 g/mol. The fourth-order valence-electron chi connectivity index (χ4n) is 3.31. The van der Waals surface area contributed by atoms with Crippen LogP contribution in [0.4, 0.5) is 0 Å². The van der Waals surface area contributed by atoms with E-state index in [4.69, 9.17) is 0 Å². The van der Waals surface area contributed by atoms with Crippen molar-refractivity contribution in [2.75, 3.05) is 6.61 Å². The van der Waals surface area contributed by atoms with Crippen LogP contribution < -0.4 is 0 Å². The van der Waals surface area contributed by atoms with Crippen LogP contribution in [0.5, 0.6) is 0 Å². The van der Waals surface area contributed by atoms with Gasteiger partial charge < -0.3 is 10.0 Å². The molecule has 0 saturated carbocycles. The van der Waals surface area contributed by atoms with Gasteiger partial charge in [0.05, 0.1) is 18.7 Å². The molecule has 114 valence electrons. The smallest absolute Gasteiger partial charge is 0.223 e. The van der Waals surface area contributed by atoms with E-state index >= 15 is 0 Å². The van der Waals surface area contributed by atoms with Gasteiger partial charge in [-0.2, -0.15) is 0 Å². The second-order valence-corrected chi connectivity index (χ2v) is 5.73. The minimum atomic E-state index is -0.279. The highest BCUT2D eigenvalue weighted by Gasteiger charge is 2.34. The standard InChI is InChI=1S/C19H21NO2/c21-14-18(16-10-5-2-6-11-16)20-17(12-7-13-19(20)22)15-8-3-1-4-9-15/h1-6,8-11,17-18,21H,7,12-14H2/t17-,18-/m0/s1. The van der Waals surface area contributed by atoms with Crippen LogP contribution >= 0.6 is 0 Å². The molecule has 0 radical (unpaired) electrons. The number of carbonyl (C=O) groups is 1. The summed E-state index contributed by atoms with van der Waals surface area (Å²) in [7, 11) is 0. The summed E-state index contributed by atoms with van der Waals surface area (Å²) >= 11 is 0. The Bertz CT molecular complexity index is 570. The highest BCUT2D eigenvalue weighted by atomic mass is 16.3. The number of aliphatic hydroxyl groups excluding tert-OH is 1. The number of aliphatic hydroxyl groups is 1. The van der Waals surface area contributed by atoms with Gasteiger partial charge in [0.15, 0.2) is 0 Å². The summed E-state index contributed by atoms with van der Waals surface area (Å²) < 4.78 is 0. The predicted octanol–water partition coefficient (Wildman–Crippen LogP) is 3.47. The Labute approximate surface area is 131 Å². The molecule has 2 atom stereocenters. The number of carbonyl (C=O) groups excluding carboxylic acids is 1. The van der Waals surface area contributed by atoms with E-state index in [1.807, 2.05) is 53.4 Å². The quantitative estimate of drug-likeness (QED) is 0.938. The summed E-state index contributed by atoms with van der Waals surface area (Å²) in [6, 6.07) is 19.7. The Morgan fingerprint density at radius 1 is 1.05 bits per heavy atom. The molecular formula is C19H21NO2. The number of likely N-dealkylation sites (tertiary alicyclic amines) is 1. The van der Waals surface area contributed by atoms with Crippen LogP contribution in [0, 0.1) is 0 Å². The molecule has 1 heterocycles. The van der Waals surface area contributed by atoms with Crippen molar-refractivity contribution in [1.82, 2.24) is 4.90 Å². The zero-order chi connectivity index (χ0) is 15.4. The molecule has 0 aromatic heterocycles. The molecule has 2 aromatic rings. The number of nitrogens with zero attached hydrogens (tertiary/aromatic N) is 1. The number of piperidine rings is 1. The molecule has 3 heteroatoms. The van der Waals surface area contributed by atoms with Gasteiger partial charge in [-0.25, -0.2) is 0 Å². The predicted molar refractivity (Wildman–Crippen MR) is 86.1 cm³/mol. The Balaban J connectivity index is 1.97. The van der Waals surface area contributed by atoms with Gasteiger partial charge in [0.1, 0.15) is 0 Å². The molecule has 3 rings (SSSR count). The molecule has 1 N–H and O–H groups in total. The molecule has 22 heavy (non-hydrogen) atoms. The Kier molecular flexibility index (Phi) is 4.54. The molecule has 1 saturated heterocycles. The van der Waals surface area contributed by atoms with Crippen LogP contribution in [0.25, 0.3) is 0 Å². The number of rotatable bonds is 4. The highest BCUT2D eigenvalue weighted by Crippen LogP contribution is 2.37. The summed E-state index contributed by atoms with van der Waals surface area (Å²) in [6.07, 6.45) is 2.41. The van der Waals surface area contributed by atoms with Crippen molar-refractivity contribution in [1.29, 1.82) is 0 Å². The summed E-state index contributed by atoms with van der Waals surface area (Å²) in [5.74, 6) is 0.128. The fourth-order valence-corrected chi connectivity index (χ4v) is 3.31. The molecule has 1 fully saturated rings. The fraction of sp³-hybridized carbons (Fsp3) is 0.316. The van der Waals surface area contributed by atoms with Crippen LogP contribution in [-0.2, 0) is 4.79 Å². The van der Waals surface area contributed by atoms with Crippen molar-refractivity contribution >= 4 is 5.91 Å². The van der Waals surface area contributed by atoms with Gasteiger partial charge in [0.2, 0.25) is 5.91 Å². The van der Waals surface area contributed by atoms with E-state index in [0.717, 1.165) is 24.0 Å². The Morgan fingerprint density at radius 2 is 1.68 bits per heavy atom. The van der Waals surface area contributed by atoms with E-state index in [-0.39, 0.29) is 24.6 Å². The second-order valence-electron chi connectivity index (χ2n) is 5.73. The van der Waals surface area contributed by atoms with Gasteiger partial charge in [-0.05, 0) is 24.0 Å². The maximum Gasteiger partial charge on any atom is 0.223 e. The lowest BCUT2D eigenvalue weighted by atomic mass is 9.91. The molecule has 1 amide bonds. The van der Waals surface area contributed by atoms with Crippen molar-refractivity contribution in [2.24, 2.45) is 0 Å². The van der Waals surface area contributed by atoms with Crippen molar-refractivity contribution in [3.63, 3.8) is 0 Å². The minimum absolute atomic E-state index is 0.0415. The van der Waals surface area contributed by atoms with Gasteiger partial charge in [-0.3, -0.25) is 4.79 Å². The lowest BCUT2D eigenvalue weighted by Gasteiger charge is -2.41. The van der Waals surface area contributed by atoms with Crippen LogP contribution in [0.3, 0.4) is 0 Å². The van der Waals surface area contributed by atoms with Crippen molar-refractivity contribution < 1.29 is 9.90 Å². The molecule has 0 bridgehead atoms. The van der Waals surface area contributed by atoms with Crippen LogP contribution in [0.1, 0.15) is 42.5 Å². The summed E-state index contributed by atoms with van der Waals surface area (Å²) in [4.78, 5) is 14.4. The third-order valence-corrected chi connectivity index (χ3v) is 4.37. The third kappa shape index (κ3) is 2.90. The Morgan fingerprint density at radius 3 is 2.32 bits per heavy atom. The van der Waals surface area contributed by atoms with Crippen LogP contribution in [-0.4, -0.2) is 22.5 Å². The van der Waals surface area contributed by atoms with E-state index in [2.05, 4.69) is 12.1 Å². The van der Waals surface area contributed by atoms with Crippen LogP contribution in [0.2, 0.25) is 0 Å². The summed E-state index contributed by atoms with van der Waals surface area (Å²) in [5, 5.41) is 9.92. The van der Waals surface area contributed by atoms with E-state index in [9.17, 15) is 9.90 Å². The molecule has 0 aliphatic carbocycles.